The van der Waals surface area contributed by atoms with Gasteiger partial charge in [-0.1, -0.05) is 18.9 Å². The Morgan fingerprint density at radius 1 is 1.26 bits per heavy atom. The lowest BCUT2D eigenvalue weighted by Gasteiger charge is -2.42. The summed E-state index contributed by atoms with van der Waals surface area (Å²) in [7, 11) is 0. The molecule has 1 aromatic heterocycles. The second-order valence-electron chi connectivity index (χ2n) is 5.32. The van der Waals surface area contributed by atoms with Crippen LogP contribution in [-0.2, 0) is 4.79 Å². The quantitative estimate of drug-likeness (QED) is 0.776. The summed E-state index contributed by atoms with van der Waals surface area (Å²) in [6.07, 6.45) is -0.838. The molecule has 0 radical (unpaired) electrons. The van der Waals surface area contributed by atoms with E-state index in [-0.39, 0.29) is 5.57 Å². The SMILES string of the molecule is O=C(C1=C(c2cccs2)CC12CCCC2)C(F)(F)F. The van der Waals surface area contributed by atoms with Crippen LogP contribution < -0.4 is 0 Å². The van der Waals surface area contributed by atoms with Gasteiger partial charge >= 0.3 is 6.18 Å². The van der Waals surface area contributed by atoms with E-state index in [1.54, 1.807) is 6.07 Å². The predicted molar refractivity (Wildman–Crippen MR) is 67.8 cm³/mol. The van der Waals surface area contributed by atoms with Crippen molar-refractivity contribution in [3.63, 3.8) is 0 Å². The zero-order valence-corrected chi connectivity index (χ0v) is 11.0. The van der Waals surface area contributed by atoms with Gasteiger partial charge in [0.1, 0.15) is 0 Å². The van der Waals surface area contributed by atoms with Crippen LogP contribution in [0.25, 0.3) is 5.57 Å². The van der Waals surface area contributed by atoms with Crippen LogP contribution in [0.5, 0.6) is 0 Å². The van der Waals surface area contributed by atoms with Crippen LogP contribution in [0.1, 0.15) is 37.0 Å². The van der Waals surface area contributed by atoms with Gasteiger partial charge < -0.3 is 0 Å². The first-order chi connectivity index (χ1) is 8.94. The molecule has 0 aliphatic heterocycles. The summed E-state index contributed by atoms with van der Waals surface area (Å²) in [5.41, 5.74) is 0.200. The average Bonchev–Trinajstić information content (AvgIpc) is 2.97. The van der Waals surface area contributed by atoms with Gasteiger partial charge in [0.25, 0.3) is 5.78 Å². The van der Waals surface area contributed by atoms with E-state index in [0.29, 0.717) is 12.0 Å². The van der Waals surface area contributed by atoms with Crippen LogP contribution in [0.2, 0.25) is 0 Å². The van der Waals surface area contributed by atoms with Crippen molar-refractivity contribution in [2.45, 2.75) is 38.3 Å². The lowest BCUT2D eigenvalue weighted by atomic mass is 9.61. The fourth-order valence-electron chi connectivity index (χ4n) is 3.39. The second-order valence-corrected chi connectivity index (χ2v) is 6.27. The summed E-state index contributed by atoms with van der Waals surface area (Å²) in [6.45, 7) is 0. The standard InChI is InChI=1S/C14H13F3OS/c15-14(16,17)12(18)11-9(10-4-3-7-19-10)8-13(11)5-1-2-6-13/h3-4,7H,1-2,5-6,8H2. The van der Waals surface area contributed by atoms with Crippen molar-refractivity contribution in [1.82, 2.24) is 0 Å². The Kier molecular flexibility index (Phi) is 2.85. The van der Waals surface area contributed by atoms with E-state index in [1.165, 1.54) is 11.3 Å². The largest absolute Gasteiger partial charge is 0.454 e. The minimum absolute atomic E-state index is 0.0555. The van der Waals surface area contributed by atoms with Crippen LogP contribution in [0.3, 0.4) is 0 Å². The van der Waals surface area contributed by atoms with E-state index < -0.39 is 17.4 Å². The topological polar surface area (TPSA) is 17.1 Å². The highest BCUT2D eigenvalue weighted by Gasteiger charge is 2.55. The molecular formula is C14H13F3OS. The summed E-state index contributed by atoms with van der Waals surface area (Å²) in [6, 6.07) is 3.60. The minimum Gasteiger partial charge on any atom is -0.284 e. The molecule has 1 fully saturated rings. The highest BCUT2D eigenvalue weighted by atomic mass is 32.1. The lowest BCUT2D eigenvalue weighted by molar-refractivity contribution is -0.168. The molecule has 0 aromatic carbocycles. The van der Waals surface area contributed by atoms with Crippen molar-refractivity contribution in [2.24, 2.45) is 5.41 Å². The van der Waals surface area contributed by atoms with Gasteiger partial charge in [-0.05, 0) is 36.3 Å². The number of hydrogen-bond donors (Lipinski definition) is 0. The van der Waals surface area contributed by atoms with Crippen molar-refractivity contribution < 1.29 is 18.0 Å². The van der Waals surface area contributed by atoms with E-state index in [0.717, 1.165) is 30.6 Å². The zero-order valence-electron chi connectivity index (χ0n) is 10.2. The molecule has 102 valence electrons. The van der Waals surface area contributed by atoms with Gasteiger partial charge in [0.05, 0.1) is 0 Å². The first kappa shape index (κ1) is 12.9. The van der Waals surface area contributed by atoms with Crippen molar-refractivity contribution in [2.75, 3.05) is 0 Å². The summed E-state index contributed by atoms with van der Waals surface area (Å²) in [4.78, 5) is 12.5. The highest BCUT2D eigenvalue weighted by Crippen LogP contribution is 2.61. The lowest BCUT2D eigenvalue weighted by Crippen LogP contribution is -2.40. The monoisotopic (exact) mass is 286 g/mol. The number of carbonyl (C=O) groups is 1. The number of alkyl halides is 3. The number of ketones is 1. The van der Waals surface area contributed by atoms with Crippen LogP contribution in [0, 0.1) is 5.41 Å². The first-order valence-corrected chi connectivity index (χ1v) is 7.21. The molecule has 1 aromatic rings. The van der Waals surface area contributed by atoms with Gasteiger partial charge in [0.15, 0.2) is 0 Å². The van der Waals surface area contributed by atoms with Gasteiger partial charge in [0, 0.05) is 15.9 Å². The predicted octanol–water partition coefficient (Wildman–Crippen LogP) is 4.60. The van der Waals surface area contributed by atoms with Crippen LogP contribution in [0.4, 0.5) is 13.2 Å². The number of rotatable bonds is 2. The molecule has 3 rings (SSSR count). The molecule has 0 unspecified atom stereocenters. The number of halogens is 3. The maximum atomic E-state index is 12.8. The molecule has 0 bridgehead atoms. The van der Waals surface area contributed by atoms with Gasteiger partial charge in [-0.15, -0.1) is 11.3 Å². The molecule has 5 heteroatoms. The average molecular weight is 286 g/mol. The molecule has 0 amide bonds. The van der Waals surface area contributed by atoms with Crippen LogP contribution in [0.15, 0.2) is 23.1 Å². The molecule has 2 aliphatic carbocycles. The minimum atomic E-state index is -4.76. The summed E-state index contributed by atoms with van der Waals surface area (Å²) in [5.74, 6) is -1.62. The highest BCUT2D eigenvalue weighted by molar-refractivity contribution is 7.11. The Morgan fingerprint density at radius 3 is 2.47 bits per heavy atom. The Hall–Kier alpha value is -1.10. The van der Waals surface area contributed by atoms with Crippen LogP contribution in [-0.4, -0.2) is 12.0 Å². The second kappa shape index (κ2) is 4.20. The van der Waals surface area contributed by atoms with Gasteiger partial charge in [-0.2, -0.15) is 13.2 Å². The van der Waals surface area contributed by atoms with E-state index in [4.69, 9.17) is 0 Å². The zero-order chi connectivity index (χ0) is 13.7. The number of Topliss-reactive ketones (excluding diaryl/α,β-unsaturated/α-hetero) is 1. The van der Waals surface area contributed by atoms with Crippen molar-refractivity contribution >= 4 is 22.7 Å². The fraction of sp³-hybridized carbons (Fsp3) is 0.500. The van der Waals surface area contributed by atoms with Crippen molar-refractivity contribution in [3.8, 4) is 0 Å². The number of hydrogen-bond acceptors (Lipinski definition) is 2. The number of allylic oxidation sites excluding steroid dienone is 2. The molecule has 1 saturated carbocycles. The van der Waals surface area contributed by atoms with Crippen molar-refractivity contribution in [1.29, 1.82) is 0 Å². The molecule has 1 spiro atoms. The normalized spacial score (nSPS) is 21.8. The third kappa shape index (κ3) is 1.95. The first-order valence-electron chi connectivity index (χ1n) is 6.33. The summed E-state index contributed by atoms with van der Waals surface area (Å²) >= 11 is 1.40. The maximum absolute atomic E-state index is 12.8. The molecule has 1 nitrogen and oxygen atoms in total. The van der Waals surface area contributed by atoms with Crippen LogP contribution >= 0.6 is 11.3 Å². The molecule has 0 N–H and O–H groups in total. The molecule has 0 saturated heterocycles. The smallest absolute Gasteiger partial charge is 0.284 e. The number of carbonyl (C=O) groups excluding carboxylic acids is 1. The Labute approximate surface area is 113 Å². The van der Waals surface area contributed by atoms with Gasteiger partial charge in [0.2, 0.25) is 0 Å². The molecule has 2 aliphatic rings. The summed E-state index contributed by atoms with van der Waals surface area (Å²) < 4.78 is 38.4. The third-order valence-electron chi connectivity index (χ3n) is 4.21. The van der Waals surface area contributed by atoms with E-state index in [2.05, 4.69) is 0 Å². The van der Waals surface area contributed by atoms with Crippen molar-refractivity contribution in [3.05, 3.63) is 28.0 Å². The molecular weight excluding hydrogens is 273 g/mol. The molecule has 1 heterocycles. The summed E-state index contributed by atoms with van der Waals surface area (Å²) in [5, 5.41) is 1.83. The Morgan fingerprint density at radius 2 is 1.95 bits per heavy atom. The van der Waals surface area contributed by atoms with E-state index in [1.807, 2.05) is 11.4 Å². The Balaban J connectivity index is 2.06. The molecule has 19 heavy (non-hydrogen) atoms. The van der Waals surface area contributed by atoms with E-state index >= 15 is 0 Å². The Bertz CT molecular complexity index is 534. The molecule has 0 atom stereocenters. The third-order valence-corrected chi connectivity index (χ3v) is 5.14. The van der Waals surface area contributed by atoms with Gasteiger partial charge in [-0.25, -0.2) is 0 Å². The van der Waals surface area contributed by atoms with E-state index in [9.17, 15) is 18.0 Å². The fourth-order valence-corrected chi connectivity index (χ4v) is 4.16. The number of thiophene rings is 1. The maximum Gasteiger partial charge on any atom is 0.454 e. The van der Waals surface area contributed by atoms with Gasteiger partial charge in [-0.3, -0.25) is 4.79 Å².